The lowest BCUT2D eigenvalue weighted by molar-refractivity contribution is 0.397. The van der Waals surface area contributed by atoms with Gasteiger partial charge in [0.25, 0.3) is 0 Å². The molecule has 0 fully saturated rings. The van der Waals surface area contributed by atoms with E-state index in [9.17, 15) is 4.39 Å². The fourth-order valence-electron chi connectivity index (χ4n) is 2.01. The van der Waals surface area contributed by atoms with Crippen LogP contribution in [0.2, 0.25) is 5.02 Å². The summed E-state index contributed by atoms with van der Waals surface area (Å²) in [7, 11) is 3.11. The zero-order chi connectivity index (χ0) is 14.7. The monoisotopic (exact) mass is 295 g/mol. The molecule has 0 aliphatic heterocycles. The van der Waals surface area contributed by atoms with Crippen LogP contribution in [0.4, 0.5) is 4.39 Å². The second-order valence-electron chi connectivity index (χ2n) is 4.23. The van der Waals surface area contributed by atoms with Crippen molar-refractivity contribution in [3.05, 3.63) is 58.4 Å². The third kappa shape index (κ3) is 2.71. The molecule has 2 aromatic rings. The largest absolute Gasteiger partial charge is 0.497 e. The molecule has 2 rings (SSSR count). The summed E-state index contributed by atoms with van der Waals surface area (Å²) in [4.78, 5) is 0. The van der Waals surface area contributed by atoms with Crippen LogP contribution in [0.1, 0.15) is 17.2 Å². The highest BCUT2D eigenvalue weighted by atomic mass is 35.5. The lowest BCUT2D eigenvalue weighted by atomic mass is 9.98. The number of hydrogen-bond donors (Lipinski definition) is 1. The zero-order valence-corrected chi connectivity index (χ0v) is 11.9. The Labute approximate surface area is 122 Å². The summed E-state index contributed by atoms with van der Waals surface area (Å²) in [6.07, 6.45) is 0. The lowest BCUT2D eigenvalue weighted by Gasteiger charge is -2.18. The highest BCUT2D eigenvalue weighted by Gasteiger charge is 2.19. The number of rotatable bonds is 4. The maximum absolute atomic E-state index is 13.5. The van der Waals surface area contributed by atoms with Crippen molar-refractivity contribution < 1.29 is 13.9 Å². The van der Waals surface area contributed by atoms with Crippen molar-refractivity contribution in [2.45, 2.75) is 6.04 Å². The Morgan fingerprint density at radius 3 is 2.50 bits per heavy atom. The highest BCUT2D eigenvalue weighted by Crippen LogP contribution is 2.35. The summed E-state index contributed by atoms with van der Waals surface area (Å²) in [5.74, 6) is 0.740. The van der Waals surface area contributed by atoms with Gasteiger partial charge >= 0.3 is 0 Å². The third-order valence-electron chi connectivity index (χ3n) is 3.09. The topological polar surface area (TPSA) is 44.5 Å². The highest BCUT2D eigenvalue weighted by molar-refractivity contribution is 6.31. The molecule has 0 saturated carbocycles. The van der Waals surface area contributed by atoms with E-state index >= 15 is 0 Å². The minimum atomic E-state index is -0.608. The summed E-state index contributed by atoms with van der Waals surface area (Å²) in [6, 6.07) is 9.22. The first-order valence-corrected chi connectivity index (χ1v) is 6.37. The second kappa shape index (κ2) is 6.11. The molecule has 0 heterocycles. The molecule has 0 saturated heterocycles. The van der Waals surface area contributed by atoms with Crippen LogP contribution in [0.5, 0.6) is 11.5 Å². The van der Waals surface area contributed by atoms with Gasteiger partial charge in [0.05, 0.1) is 25.3 Å². The molecule has 106 valence electrons. The SMILES string of the molecule is COc1ccc(OC)c(C(N)c2cccc(F)c2Cl)c1. The van der Waals surface area contributed by atoms with Crippen LogP contribution in [0.25, 0.3) is 0 Å². The van der Waals surface area contributed by atoms with Crippen molar-refractivity contribution in [2.75, 3.05) is 14.2 Å². The average molecular weight is 296 g/mol. The molecule has 0 bridgehead atoms. The maximum Gasteiger partial charge on any atom is 0.142 e. The quantitative estimate of drug-likeness (QED) is 0.938. The van der Waals surface area contributed by atoms with Gasteiger partial charge in [-0.3, -0.25) is 0 Å². The first kappa shape index (κ1) is 14.6. The zero-order valence-electron chi connectivity index (χ0n) is 11.2. The molecule has 3 nitrogen and oxygen atoms in total. The molecule has 0 aliphatic carbocycles. The van der Waals surface area contributed by atoms with E-state index in [-0.39, 0.29) is 5.02 Å². The van der Waals surface area contributed by atoms with Crippen LogP contribution in [0.15, 0.2) is 36.4 Å². The Morgan fingerprint density at radius 1 is 1.10 bits per heavy atom. The first-order chi connectivity index (χ1) is 9.58. The van der Waals surface area contributed by atoms with E-state index in [1.54, 1.807) is 44.6 Å². The predicted molar refractivity (Wildman–Crippen MR) is 77.0 cm³/mol. The molecule has 5 heteroatoms. The number of ether oxygens (including phenoxy) is 2. The van der Waals surface area contributed by atoms with Crippen LogP contribution in [-0.2, 0) is 0 Å². The molecular weight excluding hydrogens is 281 g/mol. The van der Waals surface area contributed by atoms with Gasteiger partial charge in [-0.15, -0.1) is 0 Å². The second-order valence-corrected chi connectivity index (χ2v) is 4.61. The molecule has 20 heavy (non-hydrogen) atoms. The lowest BCUT2D eigenvalue weighted by Crippen LogP contribution is -2.14. The normalized spacial score (nSPS) is 12.1. The number of methoxy groups -OCH3 is 2. The summed E-state index contributed by atoms with van der Waals surface area (Å²) in [5, 5.41) is 0.0184. The van der Waals surface area contributed by atoms with Crippen molar-refractivity contribution in [1.82, 2.24) is 0 Å². The van der Waals surface area contributed by atoms with Gasteiger partial charge in [-0.05, 0) is 29.8 Å². The van der Waals surface area contributed by atoms with Crippen molar-refractivity contribution in [3.8, 4) is 11.5 Å². The van der Waals surface area contributed by atoms with Gasteiger partial charge in [-0.2, -0.15) is 0 Å². The smallest absolute Gasteiger partial charge is 0.142 e. The Hall–Kier alpha value is -1.78. The van der Waals surface area contributed by atoms with E-state index in [4.69, 9.17) is 26.8 Å². The first-order valence-electron chi connectivity index (χ1n) is 6.00. The Kier molecular flexibility index (Phi) is 4.47. The van der Waals surface area contributed by atoms with Crippen LogP contribution >= 0.6 is 11.6 Å². The van der Waals surface area contributed by atoms with Gasteiger partial charge in [0.1, 0.15) is 17.3 Å². The molecule has 0 amide bonds. The maximum atomic E-state index is 13.5. The van der Waals surface area contributed by atoms with Gasteiger partial charge in [0.15, 0.2) is 0 Å². The van der Waals surface area contributed by atoms with E-state index in [0.717, 1.165) is 0 Å². The molecular formula is C15H15ClFNO2. The molecule has 1 atom stereocenters. The predicted octanol–water partition coefficient (Wildman–Crippen LogP) is 3.54. The molecule has 0 aromatic heterocycles. The summed E-state index contributed by atoms with van der Waals surface area (Å²) in [5.41, 5.74) is 7.38. The van der Waals surface area contributed by atoms with Crippen molar-refractivity contribution in [2.24, 2.45) is 5.73 Å². The number of nitrogens with two attached hydrogens (primary N) is 1. The van der Waals surface area contributed by atoms with E-state index in [0.29, 0.717) is 22.6 Å². The molecule has 2 aromatic carbocycles. The molecule has 0 radical (unpaired) electrons. The Morgan fingerprint density at radius 2 is 1.85 bits per heavy atom. The van der Waals surface area contributed by atoms with Gasteiger partial charge in [0, 0.05) is 5.56 Å². The van der Waals surface area contributed by atoms with E-state index in [1.165, 1.54) is 6.07 Å². The minimum Gasteiger partial charge on any atom is -0.497 e. The van der Waals surface area contributed by atoms with Gasteiger partial charge in [-0.25, -0.2) is 4.39 Å². The Balaban J connectivity index is 2.51. The Bertz CT molecular complexity index is 619. The fourth-order valence-corrected chi connectivity index (χ4v) is 2.25. The van der Waals surface area contributed by atoms with Crippen molar-refractivity contribution in [3.63, 3.8) is 0 Å². The number of hydrogen-bond acceptors (Lipinski definition) is 3. The summed E-state index contributed by atoms with van der Waals surface area (Å²) < 4.78 is 24.0. The van der Waals surface area contributed by atoms with Crippen LogP contribution in [-0.4, -0.2) is 14.2 Å². The number of halogens is 2. The van der Waals surface area contributed by atoms with E-state index in [2.05, 4.69) is 0 Å². The van der Waals surface area contributed by atoms with E-state index in [1.807, 2.05) is 0 Å². The van der Waals surface area contributed by atoms with Crippen molar-refractivity contribution in [1.29, 1.82) is 0 Å². The average Bonchev–Trinajstić information content (AvgIpc) is 2.48. The standard InChI is InChI=1S/C15H15ClFNO2/c1-19-9-6-7-13(20-2)11(8-9)15(18)10-4-3-5-12(17)14(10)16/h3-8,15H,18H2,1-2H3. The molecule has 2 N–H and O–H groups in total. The minimum absolute atomic E-state index is 0.0184. The van der Waals surface area contributed by atoms with Gasteiger partial charge in [0.2, 0.25) is 0 Å². The number of benzene rings is 2. The van der Waals surface area contributed by atoms with Crippen LogP contribution < -0.4 is 15.2 Å². The fraction of sp³-hybridized carbons (Fsp3) is 0.200. The molecule has 0 spiro atoms. The van der Waals surface area contributed by atoms with Crippen LogP contribution in [0, 0.1) is 5.82 Å². The summed E-state index contributed by atoms with van der Waals surface area (Å²) in [6.45, 7) is 0. The molecule has 0 aliphatic rings. The van der Waals surface area contributed by atoms with E-state index < -0.39 is 11.9 Å². The summed E-state index contributed by atoms with van der Waals surface area (Å²) >= 11 is 5.98. The van der Waals surface area contributed by atoms with Crippen molar-refractivity contribution >= 4 is 11.6 Å². The van der Waals surface area contributed by atoms with Gasteiger partial charge < -0.3 is 15.2 Å². The third-order valence-corrected chi connectivity index (χ3v) is 3.49. The van der Waals surface area contributed by atoms with Crippen LogP contribution in [0.3, 0.4) is 0 Å². The van der Waals surface area contributed by atoms with Gasteiger partial charge in [-0.1, -0.05) is 23.7 Å². The molecule has 1 unspecified atom stereocenters.